The molecule has 0 aliphatic heterocycles. The van der Waals surface area contributed by atoms with Gasteiger partial charge in [-0.15, -0.1) is 0 Å². The largest absolute Gasteiger partial charge is 0.454 e. The monoisotopic (exact) mass is 250 g/mol. The summed E-state index contributed by atoms with van der Waals surface area (Å²) in [6, 6.07) is 9.72. The van der Waals surface area contributed by atoms with E-state index in [2.05, 4.69) is 0 Å². The van der Waals surface area contributed by atoms with Gasteiger partial charge in [-0.25, -0.2) is 8.78 Å². The summed E-state index contributed by atoms with van der Waals surface area (Å²) in [5.41, 5.74) is 0.738. The van der Waals surface area contributed by atoms with Gasteiger partial charge in [0, 0.05) is 6.07 Å². The first kappa shape index (κ1) is 12.5. The van der Waals surface area contributed by atoms with Crippen LogP contribution in [0.15, 0.2) is 42.5 Å². The number of hydrogen-bond donors (Lipinski definition) is 1. The zero-order valence-electron chi connectivity index (χ0n) is 9.73. The van der Waals surface area contributed by atoms with Crippen LogP contribution in [0.4, 0.5) is 8.78 Å². The lowest BCUT2D eigenvalue weighted by molar-refractivity contribution is 0.199. The molecular weight excluding hydrogens is 238 g/mol. The summed E-state index contributed by atoms with van der Waals surface area (Å²) in [5, 5.41) is 9.34. The molecule has 2 aromatic rings. The number of ether oxygens (including phenoxy) is 1. The average molecular weight is 250 g/mol. The van der Waals surface area contributed by atoms with E-state index in [0.29, 0.717) is 5.75 Å². The quantitative estimate of drug-likeness (QED) is 0.897. The fraction of sp³-hybridized carbons (Fsp3) is 0.143. The number of hydrogen-bond acceptors (Lipinski definition) is 2. The highest BCUT2D eigenvalue weighted by Gasteiger charge is 2.06. The third kappa shape index (κ3) is 2.84. The molecule has 0 saturated heterocycles. The normalized spacial score (nSPS) is 12.2. The molecule has 0 amide bonds. The molecule has 18 heavy (non-hydrogen) atoms. The summed E-state index contributed by atoms with van der Waals surface area (Å²) in [4.78, 5) is 0. The van der Waals surface area contributed by atoms with Crippen LogP contribution in [0.5, 0.6) is 11.5 Å². The number of rotatable bonds is 3. The maximum atomic E-state index is 13.3. The fourth-order valence-corrected chi connectivity index (χ4v) is 1.50. The van der Waals surface area contributed by atoms with Crippen LogP contribution >= 0.6 is 0 Å². The molecule has 0 bridgehead atoms. The van der Waals surface area contributed by atoms with Crippen molar-refractivity contribution in [3.63, 3.8) is 0 Å². The molecule has 1 atom stereocenters. The van der Waals surface area contributed by atoms with Crippen LogP contribution < -0.4 is 4.74 Å². The maximum Gasteiger partial charge on any atom is 0.168 e. The first-order chi connectivity index (χ1) is 8.56. The highest BCUT2D eigenvalue weighted by molar-refractivity contribution is 5.34. The van der Waals surface area contributed by atoms with Gasteiger partial charge in [0.25, 0.3) is 0 Å². The van der Waals surface area contributed by atoms with E-state index in [1.807, 2.05) is 0 Å². The van der Waals surface area contributed by atoms with Crippen LogP contribution in [0.2, 0.25) is 0 Å². The van der Waals surface area contributed by atoms with Gasteiger partial charge in [-0.2, -0.15) is 0 Å². The molecular formula is C14H12F2O2. The van der Waals surface area contributed by atoms with Crippen molar-refractivity contribution in [2.45, 2.75) is 13.0 Å². The van der Waals surface area contributed by atoms with Gasteiger partial charge in [0.2, 0.25) is 0 Å². The van der Waals surface area contributed by atoms with E-state index in [-0.39, 0.29) is 5.75 Å². The number of benzene rings is 2. The van der Waals surface area contributed by atoms with Crippen molar-refractivity contribution in [2.75, 3.05) is 0 Å². The minimum absolute atomic E-state index is 0.0406. The highest BCUT2D eigenvalue weighted by Crippen LogP contribution is 2.26. The number of aliphatic hydroxyl groups excluding tert-OH is 1. The lowest BCUT2D eigenvalue weighted by Crippen LogP contribution is -1.92. The third-order valence-electron chi connectivity index (χ3n) is 2.48. The standard InChI is InChI=1S/C14H12F2O2/c1-9(17)10-2-5-12(6-3-10)18-14-7-4-11(15)8-13(14)16/h2-9,17H,1H3/t9-/m0/s1. The van der Waals surface area contributed by atoms with Crippen molar-refractivity contribution < 1.29 is 18.6 Å². The van der Waals surface area contributed by atoms with E-state index >= 15 is 0 Å². The third-order valence-corrected chi connectivity index (χ3v) is 2.48. The van der Waals surface area contributed by atoms with Crippen LogP contribution in [0.1, 0.15) is 18.6 Å². The molecule has 94 valence electrons. The SMILES string of the molecule is C[C@H](O)c1ccc(Oc2ccc(F)cc2F)cc1. The predicted octanol–water partition coefficient (Wildman–Crippen LogP) is 3.81. The van der Waals surface area contributed by atoms with Crippen molar-refractivity contribution in [1.82, 2.24) is 0 Å². The molecule has 2 aromatic carbocycles. The van der Waals surface area contributed by atoms with Crippen molar-refractivity contribution in [3.05, 3.63) is 59.7 Å². The Morgan fingerprint density at radius 3 is 2.28 bits per heavy atom. The second kappa shape index (κ2) is 5.14. The van der Waals surface area contributed by atoms with Crippen molar-refractivity contribution in [1.29, 1.82) is 0 Å². The van der Waals surface area contributed by atoms with E-state index in [0.717, 1.165) is 17.7 Å². The van der Waals surface area contributed by atoms with Crippen LogP contribution in [0.25, 0.3) is 0 Å². The Morgan fingerprint density at radius 1 is 1.06 bits per heavy atom. The second-order valence-electron chi connectivity index (χ2n) is 3.92. The Morgan fingerprint density at radius 2 is 1.72 bits per heavy atom. The second-order valence-corrected chi connectivity index (χ2v) is 3.92. The molecule has 0 fully saturated rings. The summed E-state index contributed by atoms with van der Waals surface area (Å²) in [6.45, 7) is 1.65. The van der Waals surface area contributed by atoms with Gasteiger partial charge < -0.3 is 9.84 Å². The van der Waals surface area contributed by atoms with Gasteiger partial charge in [-0.05, 0) is 36.8 Å². The summed E-state index contributed by atoms with van der Waals surface area (Å²) >= 11 is 0. The molecule has 4 heteroatoms. The summed E-state index contributed by atoms with van der Waals surface area (Å²) in [5.74, 6) is -1.02. The predicted molar refractivity (Wildman–Crippen MR) is 63.5 cm³/mol. The lowest BCUT2D eigenvalue weighted by atomic mass is 10.1. The van der Waals surface area contributed by atoms with E-state index in [1.54, 1.807) is 31.2 Å². The zero-order chi connectivity index (χ0) is 13.1. The smallest absolute Gasteiger partial charge is 0.168 e. The van der Waals surface area contributed by atoms with Gasteiger partial charge in [0.1, 0.15) is 11.6 Å². The number of halogens is 2. The molecule has 0 spiro atoms. The van der Waals surface area contributed by atoms with Crippen LogP contribution in [0.3, 0.4) is 0 Å². The Kier molecular flexibility index (Phi) is 3.58. The molecule has 0 aliphatic carbocycles. The molecule has 0 saturated carbocycles. The molecule has 0 unspecified atom stereocenters. The molecule has 0 aliphatic rings. The minimum Gasteiger partial charge on any atom is -0.454 e. The first-order valence-electron chi connectivity index (χ1n) is 5.47. The van der Waals surface area contributed by atoms with E-state index in [1.165, 1.54) is 6.07 Å². The Hall–Kier alpha value is -1.94. The molecule has 0 heterocycles. The van der Waals surface area contributed by atoms with Gasteiger partial charge in [0.15, 0.2) is 11.6 Å². The van der Waals surface area contributed by atoms with Crippen LogP contribution in [-0.2, 0) is 0 Å². The molecule has 1 N–H and O–H groups in total. The van der Waals surface area contributed by atoms with Gasteiger partial charge in [-0.3, -0.25) is 0 Å². The van der Waals surface area contributed by atoms with Crippen molar-refractivity contribution >= 4 is 0 Å². The van der Waals surface area contributed by atoms with Crippen LogP contribution in [0, 0.1) is 11.6 Å². The summed E-state index contributed by atoms with van der Waals surface area (Å²) in [6.07, 6.45) is -0.568. The first-order valence-corrected chi connectivity index (χ1v) is 5.47. The Labute approximate surface area is 103 Å². The van der Waals surface area contributed by atoms with Crippen molar-refractivity contribution in [2.24, 2.45) is 0 Å². The van der Waals surface area contributed by atoms with Gasteiger partial charge in [0.05, 0.1) is 6.10 Å². The fourth-order valence-electron chi connectivity index (χ4n) is 1.50. The molecule has 2 rings (SSSR count). The Bertz CT molecular complexity index is 536. The summed E-state index contributed by atoms with van der Waals surface area (Å²) < 4.78 is 31.3. The van der Waals surface area contributed by atoms with E-state index < -0.39 is 17.7 Å². The van der Waals surface area contributed by atoms with E-state index in [4.69, 9.17) is 4.74 Å². The average Bonchev–Trinajstić information content (AvgIpc) is 2.33. The van der Waals surface area contributed by atoms with E-state index in [9.17, 15) is 13.9 Å². The topological polar surface area (TPSA) is 29.5 Å². The number of aliphatic hydroxyl groups is 1. The molecule has 0 aromatic heterocycles. The minimum atomic E-state index is -0.755. The highest BCUT2D eigenvalue weighted by atomic mass is 19.1. The molecule has 0 radical (unpaired) electrons. The maximum absolute atomic E-state index is 13.3. The lowest BCUT2D eigenvalue weighted by Gasteiger charge is -2.08. The van der Waals surface area contributed by atoms with Crippen molar-refractivity contribution in [3.8, 4) is 11.5 Å². The van der Waals surface area contributed by atoms with Crippen LogP contribution in [-0.4, -0.2) is 5.11 Å². The van der Waals surface area contributed by atoms with Gasteiger partial charge in [-0.1, -0.05) is 12.1 Å². The Balaban J connectivity index is 2.18. The van der Waals surface area contributed by atoms with Gasteiger partial charge >= 0.3 is 0 Å². The summed E-state index contributed by atoms with van der Waals surface area (Å²) in [7, 11) is 0. The molecule has 2 nitrogen and oxygen atoms in total. The zero-order valence-corrected chi connectivity index (χ0v) is 9.73.